The normalized spacial score (nSPS) is 13.5. The summed E-state index contributed by atoms with van der Waals surface area (Å²) in [6.07, 6.45) is -3.26. The van der Waals surface area contributed by atoms with Crippen molar-refractivity contribution in [2.45, 2.75) is 55.5 Å². The van der Waals surface area contributed by atoms with Crippen molar-refractivity contribution in [1.29, 1.82) is 0 Å². The Labute approximate surface area is 174 Å². The number of nitrogens with two attached hydrogens (primary N) is 1. The summed E-state index contributed by atoms with van der Waals surface area (Å²) in [5, 5.41) is 11.8. The molecule has 29 heavy (non-hydrogen) atoms. The predicted octanol–water partition coefficient (Wildman–Crippen LogP) is 4.57. The van der Waals surface area contributed by atoms with Crippen LogP contribution < -0.4 is 11.1 Å². The zero-order chi connectivity index (χ0) is 22.0. The molecule has 2 aromatic rings. The standard InChI is InChI=1S/C11H12F3N3O.C7H9FOS2/c12-11(13,14)5-6-4-9(17-10(15)18)7-2-1-3-8(7)16-6;1-7(2,9)5-3-4(8)6(10)11-5/h4H,1-3,5H2,(H3,15,16,17,18);3,9-10H,1-2H3. The van der Waals surface area contributed by atoms with Gasteiger partial charge in [0.1, 0.15) is 5.82 Å². The molecule has 0 saturated carbocycles. The van der Waals surface area contributed by atoms with Crippen LogP contribution in [-0.2, 0) is 24.9 Å². The van der Waals surface area contributed by atoms with E-state index in [1.165, 1.54) is 12.1 Å². The highest BCUT2D eigenvalue weighted by atomic mass is 32.2. The van der Waals surface area contributed by atoms with Crippen molar-refractivity contribution in [1.82, 2.24) is 4.98 Å². The number of hydrogen-bond donors (Lipinski definition) is 4. The van der Waals surface area contributed by atoms with Gasteiger partial charge in [-0.05, 0) is 50.8 Å². The first-order valence-corrected chi connectivity index (χ1v) is 9.88. The van der Waals surface area contributed by atoms with E-state index in [0.29, 0.717) is 33.3 Å². The van der Waals surface area contributed by atoms with Crippen LogP contribution >= 0.6 is 24.0 Å². The molecule has 2 heterocycles. The van der Waals surface area contributed by atoms with E-state index in [1.807, 2.05) is 0 Å². The van der Waals surface area contributed by atoms with Gasteiger partial charge in [-0.3, -0.25) is 4.98 Å². The van der Waals surface area contributed by atoms with E-state index in [0.717, 1.165) is 23.3 Å². The number of rotatable bonds is 3. The molecule has 2 aromatic heterocycles. The molecule has 5 nitrogen and oxygen atoms in total. The Morgan fingerprint density at radius 3 is 2.45 bits per heavy atom. The Bertz CT molecular complexity index is 873. The fourth-order valence-corrected chi connectivity index (χ4v) is 3.94. The summed E-state index contributed by atoms with van der Waals surface area (Å²) in [7, 11) is 0. The van der Waals surface area contributed by atoms with Gasteiger partial charge in [-0.2, -0.15) is 13.2 Å². The van der Waals surface area contributed by atoms with Crippen molar-refractivity contribution in [2.24, 2.45) is 5.73 Å². The number of pyridine rings is 1. The van der Waals surface area contributed by atoms with Crippen LogP contribution in [0.2, 0.25) is 0 Å². The minimum Gasteiger partial charge on any atom is -0.385 e. The highest BCUT2D eigenvalue weighted by Crippen LogP contribution is 2.32. The van der Waals surface area contributed by atoms with Crippen molar-refractivity contribution in [3.05, 3.63) is 39.8 Å². The number of fused-ring (bicyclic) bond motifs is 1. The molecule has 1 aliphatic carbocycles. The average Bonchev–Trinajstić information content (AvgIpc) is 3.12. The highest BCUT2D eigenvalue weighted by molar-refractivity contribution is 7.82. The lowest BCUT2D eigenvalue weighted by molar-refractivity contribution is -0.127. The number of carbonyl (C=O) groups excluding carboxylic acids is 1. The van der Waals surface area contributed by atoms with Gasteiger partial charge in [-0.1, -0.05) is 0 Å². The second-order valence-corrected chi connectivity index (χ2v) is 8.85. The molecule has 160 valence electrons. The molecule has 0 fully saturated rings. The topological polar surface area (TPSA) is 88.2 Å². The Morgan fingerprint density at radius 2 is 2.00 bits per heavy atom. The SMILES string of the molecule is CC(C)(O)c1cc(F)c(S)s1.NC(=O)Nc1cc(CC(F)(F)F)nc2c1CCC2. The summed E-state index contributed by atoms with van der Waals surface area (Å²) >= 11 is 5.04. The van der Waals surface area contributed by atoms with Gasteiger partial charge in [0.25, 0.3) is 0 Å². The number of thiol groups is 1. The van der Waals surface area contributed by atoms with E-state index in [-0.39, 0.29) is 11.5 Å². The summed E-state index contributed by atoms with van der Waals surface area (Å²) < 4.78 is 50.0. The second-order valence-electron chi connectivity index (χ2n) is 7.04. The molecule has 0 saturated heterocycles. The minimum atomic E-state index is -4.32. The van der Waals surface area contributed by atoms with E-state index in [9.17, 15) is 27.5 Å². The molecule has 2 amide bonds. The van der Waals surface area contributed by atoms with Crippen LogP contribution in [0.5, 0.6) is 0 Å². The third-order valence-electron chi connectivity index (χ3n) is 4.01. The number of carbonyl (C=O) groups is 1. The van der Waals surface area contributed by atoms with Crippen molar-refractivity contribution in [3.8, 4) is 0 Å². The van der Waals surface area contributed by atoms with E-state index in [1.54, 1.807) is 13.8 Å². The largest absolute Gasteiger partial charge is 0.394 e. The van der Waals surface area contributed by atoms with Gasteiger partial charge in [0.15, 0.2) is 0 Å². The van der Waals surface area contributed by atoms with E-state index >= 15 is 0 Å². The van der Waals surface area contributed by atoms with Crippen molar-refractivity contribution >= 4 is 35.7 Å². The van der Waals surface area contributed by atoms with Gasteiger partial charge >= 0.3 is 12.2 Å². The molecule has 1 aliphatic rings. The lowest BCUT2D eigenvalue weighted by atomic mass is 10.1. The lowest BCUT2D eigenvalue weighted by Crippen LogP contribution is -2.21. The number of nitrogens with zero attached hydrogens (tertiary/aromatic N) is 1. The van der Waals surface area contributed by atoms with Crippen LogP contribution in [0, 0.1) is 5.82 Å². The molecule has 0 radical (unpaired) electrons. The second kappa shape index (κ2) is 8.88. The van der Waals surface area contributed by atoms with Gasteiger partial charge < -0.3 is 16.2 Å². The number of nitrogens with one attached hydrogen (secondary N) is 1. The van der Waals surface area contributed by atoms with E-state index < -0.39 is 24.2 Å². The van der Waals surface area contributed by atoms with Crippen LogP contribution in [0.4, 0.5) is 28.0 Å². The third kappa shape index (κ3) is 6.86. The third-order valence-corrected chi connectivity index (χ3v) is 5.73. The summed E-state index contributed by atoms with van der Waals surface area (Å²) in [4.78, 5) is 15.4. The molecule has 4 N–H and O–H groups in total. The molecule has 0 spiro atoms. The van der Waals surface area contributed by atoms with Crippen LogP contribution in [0.1, 0.15) is 42.1 Å². The van der Waals surface area contributed by atoms with Crippen LogP contribution in [0.25, 0.3) is 0 Å². The van der Waals surface area contributed by atoms with Gasteiger partial charge in [0.05, 0.1) is 21.9 Å². The van der Waals surface area contributed by atoms with Gasteiger partial charge in [-0.15, -0.1) is 24.0 Å². The summed E-state index contributed by atoms with van der Waals surface area (Å²) in [6.45, 7) is 3.23. The molecule has 11 heteroatoms. The quantitative estimate of drug-likeness (QED) is 0.407. The zero-order valence-electron chi connectivity index (χ0n) is 15.7. The summed E-state index contributed by atoms with van der Waals surface area (Å²) in [5.41, 5.74) is 5.71. The molecule has 0 bridgehead atoms. The highest BCUT2D eigenvalue weighted by Gasteiger charge is 2.30. The van der Waals surface area contributed by atoms with Crippen molar-refractivity contribution in [3.63, 3.8) is 0 Å². The van der Waals surface area contributed by atoms with E-state index in [4.69, 9.17) is 5.73 Å². The maximum Gasteiger partial charge on any atom is 0.394 e. The van der Waals surface area contributed by atoms with Gasteiger partial charge in [0.2, 0.25) is 0 Å². The van der Waals surface area contributed by atoms with Gasteiger partial charge in [0, 0.05) is 16.3 Å². The molecular formula is C18H21F4N3O2S2. The first kappa shape index (κ1) is 23.4. The molecule has 0 unspecified atom stereocenters. The number of primary amides is 1. The Balaban J connectivity index is 0.000000234. The number of aryl methyl sites for hydroxylation is 1. The van der Waals surface area contributed by atoms with Crippen molar-refractivity contribution in [2.75, 3.05) is 5.32 Å². The number of hydrogen-bond acceptors (Lipinski definition) is 5. The average molecular weight is 452 g/mol. The van der Waals surface area contributed by atoms with Crippen LogP contribution in [0.15, 0.2) is 16.3 Å². The molecular weight excluding hydrogens is 430 g/mol. The first-order valence-electron chi connectivity index (χ1n) is 8.62. The number of thiophene rings is 1. The van der Waals surface area contributed by atoms with Crippen LogP contribution in [-0.4, -0.2) is 22.3 Å². The van der Waals surface area contributed by atoms with E-state index in [2.05, 4.69) is 22.9 Å². The number of urea groups is 1. The van der Waals surface area contributed by atoms with Gasteiger partial charge in [-0.25, -0.2) is 9.18 Å². The number of halogens is 4. The predicted molar refractivity (Wildman–Crippen MR) is 106 cm³/mol. The smallest absolute Gasteiger partial charge is 0.385 e. The maximum atomic E-state index is 12.7. The number of amides is 2. The fraction of sp³-hybridized carbons (Fsp3) is 0.444. The Morgan fingerprint density at radius 1 is 1.34 bits per heavy atom. The lowest BCUT2D eigenvalue weighted by Gasteiger charge is -2.13. The minimum absolute atomic E-state index is 0.0908. The Hall–Kier alpha value is -1.85. The number of anilines is 1. The van der Waals surface area contributed by atoms with Crippen LogP contribution in [0.3, 0.4) is 0 Å². The monoisotopic (exact) mass is 451 g/mol. The van der Waals surface area contributed by atoms with Crippen molar-refractivity contribution < 1.29 is 27.5 Å². The molecule has 0 aliphatic heterocycles. The molecule has 0 aromatic carbocycles. The fourth-order valence-electron chi connectivity index (χ4n) is 2.80. The Kier molecular flexibility index (Phi) is 7.18. The zero-order valence-corrected chi connectivity index (χ0v) is 17.4. The summed E-state index contributed by atoms with van der Waals surface area (Å²) in [5.74, 6) is -0.365. The number of aliphatic hydroxyl groups is 1. The summed E-state index contributed by atoms with van der Waals surface area (Å²) in [6, 6.07) is 1.78. The molecule has 3 rings (SSSR count). The first-order chi connectivity index (χ1) is 13.3. The maximum absolute atomic E-state index is 12.7. The number of alkyl halides is 3. The number of aromatic nitrogens is 1. The molecule has 0 atom stereocenters.